The summed E-state index contributed by atoms with van der Waals surface area (Å²) in [6.45, 7) is 2.23. The van der Waals surface area contributed by atoms with E-state index in [-0.39, 0.29) is 12.0 Å². The van der Waals surface area contributed by atoms with Crippen LogP contribution in [-0.4, -0.2) is 17.6 Å². The number of carbonyl (C=O) groups is 1. The van der Waals surface area contributed by atoms with Gasteiger partial charge in [-0.05, 0) is 36.6 Å². The molecule has 3 atom stereocenters. The summed E-state index contributed by atoms with van der Waals surface area (Å²) in [4.78, 5) is 10.9. The Bertz CT molecular complexity index is 484. The van der Waals surface area contributed by atoms with Crippen molar-refractivity contribution in [3.8, 4) is 0 Å². The van der Waals surface area contributed by atoms with Crippen LogP contribution in [0.1, 0.15) is 30.5 Å². The lowest BCUT2D eigenvalue weighted by Gasteiger charge is -2.15. The van der Waals surface area contributed by atoms with Gasteiger partial charge in [-0.1, -0.05) is 19.1 Å². The molecule has 3 unspecified atom stereocenters. The maximum Gasteiger partial charge on any atom is 0.416 e. The number of halogens is 3. The molecule has 0 spiro atoms. The third-order valence-corrected chi connectivity index (χ3v) is 3.90. The van der Waals surface area contributed by atoms with E-state index >= 15 is 0 Å². The second kappa shape index (κ2) is 5.44. The predicted octanol–water partition coefficient (Wildman–Crippen LogP) is 3.08. The smallest absolute Gasteiger partial charge is 0.416 e. The molecular weight excluding hydrogens is 271 g/mol. The molecule has 1 aromatic rings. The molecule has 3 nitrogen and oxygen atoms in total. The number of rotatable bonds is 3. The zero-order valence-corrected chi connectivity index (χ0v) is 10.9. The first kappa shape index (κ1) is 14.8. The number of alkyl halides is 3. The van der Waals surface area contributed by atoms with Gasteiger partial charge in [0.2, 0.25) is 0 Å². The number of hydrogen-bond donors (Lipinski definition) is 2. The molecule has 1 aliphatic rings. The minimum Gasteiger partial charge on any atom is -0.481 e. The van der Waals surface area contributed by atoms with Gasteiger partial charge in [-0.25, -0.2) is 0 Å². The van der Waals surface area contributed by atoms with E-state index in [1.165, 1.54) is 12.1 Å². The first-order valence-electron chi connectivity index (χ1n) is 6.42. The Balaban J connectivity index is 2.05. The van der Waals surface area contributed by atoms with Crippen LogP contribution in [0, 0.1) is 11.8 Å². The molecule has 1 saturated heterocycles. The van der Waals surface area contributed by atoms with Crippen molar-refractivity contribution in [3.05, 3.63) is 35.4 Å². The normalized spacial score (nSPS) is 24.6. The highest BCUT2D eigenvalue weighted by atomic mass is 19.4. The van der Waals surface area contributed by atoms with Crippen molar-refractivity contribution in [1.82, 2.24) is 5.32 Å². The average Bonchev–Trinajstić information content (AvgIpc) is 2.86. The molecule has 6 heteroatoms. The fourth-order valence-corrected chi connectivity index (χ4v) is 2.50. The Morgan fingerprint density at radius 2 is 1.95 bits per heavy atom. The molecule has 1 aromatic carbocycles. The predicted molar refractivity (Wildman–Crippen MR) is 67.1 cm³/mol. The fraction of sp³-hybridized carbons (Fsp3) is 0.500. The molecule has 0 bridgehead atoms. The lowest BCUT2D eigenvalue weighted by Crippen LogP contribution is -2.22. The summed E-state index contributed by atoms with van der Waals surface area (Å²) in [5.74, 6) is -1.30. The van der Waals surface area contributed by atoms with Crippen molar-refractivity contribution in [1.29, 1.82) is 0 Å². The molecule has 2 N–H and O–H groups in total. The molecule has 110 valence electrons. The minimum atomic E-state index is -4.33. The zero-order chi connectivity index (χ0) is 14.9. The first-order chi connectivity index (χ1) is 9.29. The van der Waals surface area contributed by atoms with E-state index in [1.807, 2.05) is 0 Å². The topological polar surface area (TPSA) is 49.3 Å². The van der Waals surface area contributed by atoms with Gasteiger partial charge in [0, 0.05) is 6.04 Å². The van der Waals surface area contributed by atoms with Crippen molar-refractivity contribution < 1.29 is 23.1 Å². The number of hydrogen-bond acceptors (Lipinski definition) is 2. The second-order valence-electron chi connectivity index (χ2n) is 5.20. The van der Waals surface area contributed by atoms with E-state index < -0.39 is 23.6 Å². The van der Waals surface area contributed by atoms with Crippen LogP contribution in [-0.2, 0) is 11.0 Å². The maximum absolute atomic E-state index is 12.5. The number of carboxylic acid groups (broad SMARTS) is 1. The fourth-order valence-electron chi connectivity index (χ4n) is 2.50. The quantitative estimate of drug-likeness (QED) is 0.898. The van der Waals surface area contributed by atoms with Crippen molar-refractivity contribution in [2.24, 2.45) is 11.8 Å². The highest BCUT2D eigenvalue weighted by Crippen LogP contribution is 2.34. The molecule has 2 rings (SSSR count). The van der Waals surface area contributed by atoms with Crippen LogP contribution in [0.25, 0.3) is 0 Å². The van der Waals surface area contributed by atoms with E-state index in [1.54, 1.807) is 6.92 Å². The Kier molecular flexibility index (Phi) is 4.04. The molecule has 0 aromatic heterocycles. The van der Waals surface area contributed by atoms with Crippen LogP contribution in [0.3, 0.4) is 0 Å². The van der Waals surface area contributed by atoms with Crippen LogP contribution in [0.5, 0.6) is 0 Å². The molecule has 1 fully saturated rings. The SMILES string of the molecule is CC(C(=O)O)C1CNC(c2ccc(C(F)(F)F)cc2)C1. The van der Waals surface area contributed by atoms with E-state index in [0.29, 0.717) is 13.0 Å². The number of benzene rings is 1. The molecule has 1 aliphatic heterocycles. The lowest BCUT2D eigenvalue weighted by atomic mass is 9.90. The Hall–Kier alpha value is -1.56. The van der Waals surface area contributed by atoms with Crippen molar-refractivity contribution in [3.63, 3.8) is 0 Å². The third-order valence-electron chi connectivity index (χ3n) is 3.90. The number of aliphatic carboxylic acids is 1. The summed E-state index contributed by atoms with van der Waals surface area (Å²) in [7, 11) is 0. The Morgan fingerprint density at radius 3 is 2.45 bits per heavy atom. The highest BCUT2D eigenvalue weighted by molar-refractivity contribution is 5.70. The van der Waals surface area contributed by atoms with Crippen molar-refractivity contribution >= 4 is 5.97 Å². The Labute approximate surface area is 114 Å². The summed E-state index contributed by atoms with van der Waals surface area (Å²) < 4.78 is 37.4. The summed E-state index contributed by atoms with van der Waals surface area (Å²) in [5.41, 5.74) is 0.0905. The number of nitrogens with one attached hydrogen (secondary N) is 1. The van der Waals surface area contributed by atoms with E-state index in [2.05, 4.69) is 5.32 Å². The van der Waals surface area contributed by atoms with Gasteiger partial charge in [-0.3, -0.25) is 4.79 Å². The summed E-state index contributed by atoms with van der Waals surface area (Å²) in [5, 5.41) is 12.1. The van der Waals surface area contributed by atoms with Gasteiger partial charge < -0.3 is 10.4 Å². The van der Waals surface area contributed by atoms with Crippen LogP contribution in [0.4, 0.5) is 13.2 Å². The largest absolute Gasteiger partial charge is 0.481 e. The lowest BCUT2D eigenvalue weighted by molar-refractivity contribution is -0.142. The van der Waals surface area contributed by atoms with E-state index in [0.717, 1.165) is 17.7 Å². The minimum absolute atomic E-state index is 0.000192. The second-order valence-corrected chi connectivity index (χ2v) is 5.20. The number of carboxylic acids is 1. The standard InChI is InChI=1S/C14H16F3NO2/c1-8(13(19)20)10-6-12(18-7-10)9-2-4-11(5-3-9)14(15,16)17/h2-5,8,10,12,18H,6-7H2,1H3,(H,19,20). The molecule has 0 aliphatic carbocycles. The first-order valence-corrected chi connectivity index (χ1v) is 6.42. The maximum atomic E-state index is 12.5. The monoisotopic (exact) mass is 287 g/mol. The van der Waals surface area contributed by atoms with Gasteiger partial charge in [0.15, 0.2) is 0 Å². The third kappa shape index (κ3) is 3.12. The van der Waals surface area contributed by atoms with E-state index in [9.17, 15) is 18.0 Å². The van der Waals surface area contributed by atoms with Crippen LogP contribution in [0.15, 0.2) is 24.3 Å². The van der Waals surface area contributed by atoms with Crippen LogP contribution in [0.2, 0.25) is 0 Å². The highest BCUT2D eigenvalue weighted by Gasteiger charge is 2.33. The van der Waals surface area contributed by atoms with Gasteiger partial charge in [-0.15, -0.1) is 0 Å². The molecule has 0 amide bonds. The van der Waals surface area contributed by atoms with E-state index in [4.69, 9.17) is 5.11 Å². The average molecular weight is 287 g/mol. The summed E-state index contributed by atoms with van der Waals surface area (Å²) in [6.07, 6.45) is -3.71. The van der Waals surface area contributed by atoms with Gasteiger partial charge in [0.1, 0.15) is 0 Å². The molecule has 1 heterocycles. The molecule has 20 heavy (non-hydrogen) atoms. The van der Waals surface area contributed by atoms with Gasteiger partial charge >= 0.3 is 12.1 Å². The molecular formula is C14H16F3NO2. The van der Waals surface area contributed by atoms with Gasteiger partial charge in [0.25, 0.3) is 0 Å². The van der Waals surface area contributed by atoms with Crippen molar-refractivity contribution in [2.75, 3.05) is 6.54 Å². The van der Waals surface area contributed by atoms with Crippen molar-refractivity contribution in [2.45, 2.75) is 25.6 Å². The molecule has 0 saturated carbocycles. The summed E-state index contributed by atoms with van der Waals surface area (Å²) >= 11 is 0. The van der Waals surface area contributed by atoms with Crippen LogP contribution < -0.4 is 5.32 Å². The summed E-state index contributed by atoms with van der Waals surface area (Å²) in [6, 6.07) is 4.95. The Morgan fingerprint density at radius 1 is 1.35 bits per heavy atom. The molecule has 0 radical (unpaired) electrons. The zero-order valence-electron chi connectivity index (χ0n) is 10.9. The van der Waals surface area contributed by atoms with Crippen LogP contribution >= 0.6 is 0 Å². The van der Waals surface area contributed by atoms with Gasteiger partial charge in [0.05, 0.1) is 11.5 Å². The van der Waals surface area contributed by atoms with Gasteiger partial charge in [-0.2, -0.15) is 13.2 Å².